The third-order valence-electron chi connectivity index (χ3n) is 3.78. The van der Waals surface area contributed by atoms with Gasteiger partial charge in [-0.25, -0.2) is 13.2 Å². The molecule has 2 aromatic carbocycles. The Morgan fingerprint density at radius 3 is 2.44 bits per heavy atom. The fourth-order valence-corrected chi connectivity index (χ4v) is 4.27. The maximum absolute atomic E-state index is 14.1. The van der Waals surface area contributed by atoms with E-state index in [4.69, 9.17) is 17.0 Å². The van der Waals surface area contributed by atoms with Crippen LogP contribution >= 0.6 is 24.0 Å². The molecule has 8 heteroatoms. The van der Waals surface area contributed by atoms with Crippen LogP contribution in [-0.4, -0.2) is 29.4 Å². The highest BCUT2D eigenvalue weighted by Gasteiger charge is 2.33. The number of hydrogen-bond acceptors (Lipinski definition) is 3. The number of nitrogens with one attached hydrogen (secondary N) is 1. The Morgan fingerprint density at radius 2 is 1.84 bits per heavy atom. The minimum Gasteiger partial charge on any atom is -0.497 e. The molecule has 132 valence electrons. The average Bonchev–Trinajstić information content (AvgIpc) is 3.04. The van der Waals surface area contributed by atoms with E-state index in [9.17, 15) is 13.2 Å². The smallest absolute Gasteiger partial charge is 0.174 e. The van der Waals surface area contributed by atoms with Crippen molar-refractivity contribution in [3.8, 4) is 5.75 Å². The summed E-state index contributed by atoms with van der Waals surface area (Å²) in [6, 6.07) is 8.52. The van der Waals surface area contributed by atoms with Gasteiger partial charge < -0.3 is 15.0 Å². The zero-order chi connectivity index (χ0) is 18.0. The van der Waals surface area contributed by atoms with E-state index >= 15 is 0 Å². The van der Waals surface area contributed by atoms with E-state index < -0.39 is 22.8 Å². The van der Waals surface area contributed by atoms with E-state index in [1.54, 1.807) is 36.3 Å². The highest BCUT2D eigenvalue weighted by Crippen LogP contribution is 2.40. The number of thiocarbonyl (C=S) groups is 1. The van der Waals surface area contributed by atoms with E-state index in [1.807, 2.05) is 0 Å². The van der Waals surface area contributed by atoms with Crippen LogP contribution in [0, 0.1) is 17.5 Å². The van der Waals surface area contributed by atoms with Gasteiger partial charge in [-0.15, -0.1) is 11.8 Å². The molecule has 0 spiro atoms. The van der Waals surface area contributed by atoms with E-state index in [1.165, 1.54) is 11.8 Å². The summed E-state index contributed by atoms with van der Waals surface area (Å²) in [5.41, 5.74) is 0.560. The molecule has 2 aromatic rings. The first-order valence-corrected chi connectivity index (χ1v) is 8.93. The van der Waals surface area contributed by atoms with Crippen LogP contribution in [0.4, 0.5) is 18.9 Å². The topological polar surface area (TPSA) is 24.5 Å². The molecule has 25 heavy (non-hydrogen) atoms. The molecule has 1 aliphatic heterocycles. The molecule has 0 aliphatic carbocycles. The Hall–Kier alpha value is -1.93. The van der Waals surface area contributed by atoms with E-state index in [0.717, 1.165) is 5.69 Å². The summed E-state index contributed by atoms with van der Waals surface area (Å²) in [7, 11) is 1.57. The minimum atomic E-state index is -0.938. The van der Waals surface area contributed by atoms with E-state index in [2.05, 4.69) is 5.32 Å². The van der Waals surface area contributed by atoms with Gasteiger partial charge in [-0.1, -0.05) is 0 Å². The van der Waals surface area contributed by atoms with Crippen molar-refractivity contribution in [2.24, 2.45) is 0 Å². The van der Waals surface area contributed by atoms with Crippen molar-refractivity contribution >= 4 is 34.8 Å². The Morgan fingerprint density at radius 1 is 1.20 bits per heavy atom. The van der Waals surface area contributed by atoms with Crippen molar-refractivity contribution in [1.29, 1.82) is 0 Å². The Bertz CT molecular complexity index is 763. The van der Waals surface area contributed by atoms with Crippen molar-refractivity contribution < 1.29 is 17.9 Å². The van der Waals surface area contributed by atoms with Crippen LogP contribution in [0.1, 0.15) is 10.9 Å². The van der Waals surface area contributed by atoms with Crippen LogP contribution in [0.2, 0.25) is 0 Å². The molecule has 0 amide bonds. The number of nitrogens with zero attached hydrogens (tertiary/aromatic N) is 1. The highest BCUT2D eigenvalue weighted by molar-refractivity contribution is 7.99. The van der Waals surface area contributed by atoms with Crippen molar-refractivity contribution in [3.05, 3.63) is 59.4 Å². The van der Waals surface area contributed by atoms with Gasteiger partial charge >= 0.3 is 0 Å². The third kappa shape index (κ3) is 3.85. The molecule has 0 radical (unpaired) electrons. The predicted octanol–water partition coefficient (Wildman–Crippen LogP) is 4.56. The first kappa shape index (κ1) is 17.9. The van der Waals surface area contributed by atoms with Gasteiger partial charge in [-0.05, 0) is 36.5 Å². The summed E-state index contributed by atoms with van der Waals surface area (Å²) in [5, 5.41) is 2.77. The number of halogens is 3. The fraction of sp³-hybridized carbons (Fsp3) is 0.235. The summed E-state index contributed by atoms with van der Waals surface area (Å²) >= 11 is 6.76. The first-order valence-electron chi connectivity index (χ1n) is 7.47. The molecular formula is C17H15F3N2OS2. The van der Waals surface area contributed by atoms with Crippen LogP contribution < -0.4 is 10.1 Å². The second-order valence-corrected chi connectivity index (χ2v) is 6.93. The molecule has 1 fully saturated rings. The first-order chi connectivity index (χ1) is 12.0. The second kappa shape index (κ2) is 7.53. The van der Waals surface area contributed by atoms with E-state index in [-0.39, 0.29) is 5.56 Å². The van der Waals surface area contributed by atoms with Gasteiger partial charge in [-0.3, -0.25) is 0 Å². The zero-order valence-electron chi connectivity index (χ0n) is 13.3. The van der Waals surface area contributed by atoms with Crippen LogP contribution in [-0.2, 0) is 0 Å². The summed E-state index contributed by atoms with van der Waals surface area (Å²) in [6.07, 6.45) is 0. The molecule has 3 rings (SSSR count). The van der Waals surface area contributed by atoms with Gasteiger partial charge in [0.15, 0.2) is 5.11 Å². The van der Waals surface area contributed by atoms with Gasteiger partial charge in [-0.2, -0.15) is 0 Å². The fourth-order valence-electron chi connectivity index (χ4n) is 2.58. The van der Waals surface area contributed by atoms with Crippen LogP contribution in [0.3, 0.4) is 0 Å². The Balaban J connectivity index is 1.80. The highest BCUT2D eigenvalue weighted by atomic mass is 32.2. The maximum atomic E-state index is 14.1. The van der Waals surface area contributed by atoms with Crippen LogP contribution in [0.25, 0.3) is 0 Å². The molecule has 1 heterocycles. The Labute approximate surface area is 153 Å². The molecule has 1 saturated heterocycles. The molecule has 3 nitrogen and oxygen atoms in total. The molecule has 1 atom stereocenters. The average molecular weight is 384 g/mol. The maximum Gasteiger partial charge on any atom is 0.174 e. The second-order valence-electron chi connectivity index (χ2n) is 5.36. The number of rotatable bonds is 3. The monoisotopic (exact) mass is 384 g/mol. The summed E-state index contributed by atoms with van der Waals surface area (Å²) in [6.45, 7) is 0.535. The van der Waals surface area contributed by atoms with Gasteiger partial charge in [0.1, 0.15) is 28.6 Å². The number of thioether (sulfide) groups is 1. The lowest BCUT2D eigenvalue weighted by molar-refractivity contribution is 0.414. The molecule has 0 aromatic heterocycles. The summed E-state index contributed by atoms with van der Waals surface area (Å²) in [5.74, 6) is -1.39. The predicted molar refractivity (Wildman–Crippen MR) is 97.4 cm³/mol. The number of hydrogen-bond donors (Lipinski definition) is 1. The van der Waals surface area contributed by atoms with Crippen molar-refractivity contribution in [1.82, 2.24) is 4.90 Å². The quantitative estimate of drug-likeness (QED) is 0.783. The SMILES string of the molecule is COc1ccc(NC(=S)N2CCS[C@@H]2c2c(F)cc(F)cc2F)cc1. The molecule has 0 unspecified atom stereocenters. The van der Waals surface area contributed by atoms with Crippen molar-refractivity contribution in [2.75, 3.05) is 24.7 Å². The van der Waals surface area contributed by atoms with Gasteiger partial charge in [0.2, 0.25) is 0 Å². The molecule has 1 N–H and O–H groups in total. The Kier molecular flexibility index (Phi) is 5.39. The summed E-state index contributed by atoms with van der Waals surface area (Å²) in [4.78, 5) is 1.70. The molecular weight excluding hydrogens is 369 g/mol. The number of benzene rings is 2. The molecule has 1 aliphatic rings. The van der Waals surface area contributed by atoms with Gasteiger partial charge in [0, 0.05) is 30.1 Å². The van der Waals surface area contributed by atoms with Crippen molar-refractivity contribution in [2.45, 2.75) is 5.37 Å². The standard InChI is InChI=1S/C17H15F3N2OS2/c1-23-12-4-2-11(3-5-12)21-17(24)22-6-7-25-16(22)15-13(19)8-10(18)9-14(15)20/h2-5,8-9,16H,6-7H2,1H3,(H,21,24)/t16-/m1/s1. The lowest BCUT2D eigenvalue weighted by atomic mass is 10.1. The van der Waals surface area contributed by atoms with Gasteiger partial charge in [0.05, 0.1) is 12.7 Å². The van der Waals surface area contributed by atoms with Gasteiger partial charge in [0.25, 0.3) is 0 Å². The molecule has 0 bridgehead atoms. The minimum absolute atomic E-state index is 0.178. The third-order valence-corrected chi connectivity index (χ3v) is 5.34. The normalized spacial score (nSPS) is 16.8. The lowest BCUT2D eigenvalue weighted by Gasteiger charge is -2.27. The van der Waals surface area contributed by atoms with Crippen molar-refractivity contribution in [3.63, 3.8) is 0 Å². The van der Waals surface area contributed by atoms with E-state index in [0.29, 0.717) is 35.3 Å². The van der Waals surface area contributed by atoms with Crippen LogP contribution in [0.15, 0.2) is 36.4 Å². The van der Waals surface area contributed by atoms with Crippen LogP contribution in [0.5, 0.6) is 5.75 Å². The number of methoxy groups -OCH3 is 1. The number of anilines is 1. The number of ether oxygens (including phenoxy) is 1. The molecule has 0 saturated carbocycles. The summed E-state index contributed by atoms with van der Waals surface area (Å²) < 4.78 is 46.5. The largest absolute Gasteiger partial charge is 0.497 e. The zero-order valence-corrected chi connectivity index (χ0v) is 14.9. The lowest BCUT2D eigenvalue weighted by Crippen LogP contribution is -2.34.